The van der Waals surface area contributed by atoms with E-state index in [0.717, 1.165) is 30.0 Å². The highest BCUT2D eigenvalue weighted by molar-refractivity contribution is 5.87. The number of amides is 2. The van der Waals surface area contributed by atoms with Crippen LogP contribution in [-0.2, 0) is 13.0 Å². The number of carboxylic acids is 1. The van der Waals surface area contributed by atoms with Crippen molar-refractivity contribution < 1.29 is 19.4 Å². The van der Waals surface area contributed by atoms with Crippen LogP contribution in [0.4, 0.5) is 4.79 Å². The lowest BCUT2D eigenvalue weighted by atomic mass is 10.1. The summed E-state index contributed by atoms with van der Waals surface area (Å²) in [6.07, 6.45) is 0.677. The van der Waals surface area contributed by atoms with Crippen molar-refractivity contribution in [3.8, 4) is 5.75 Å². The molecule has 2 amide bonds. The second-order valence-corrected chi connectivity index (χ2v) is 7.56. The van der Waals surface area contributed by atoms with E-state index in [2.05, 4.69) is 11.9 Å². The van der Waals surface area contributed by atoms with Gasteiger partial charge in [0.15, 0.2) is 0 Å². The number of likely N-dealkylation sites (N-methyl/N-ethyl adjacent to an activating group) is 1. The fourth-order valence-corrected chi connectivity index (χ4v) is 3.58. The molecule has 7 heteroatoms. The zero-order chi connectivity index (χ0) is 21.5. The lowest BCUT2D eigenvalue weighted by Gasteiger charge is -2.36. The Morgan fingerprint density at radius 2 is 1.70 bits per heavy atom. The number of ether oxygens (including phenoxy) is 1. The Morgan fingerprint density at radius 3 is 2.33 bits per heavy atom. The van der Waals surface area contributed by atoms with Crippen LogP contribution in [0.1, 0.15) is 21.5 Å². The third kappa shape index (κ3) is 5.51. The number of methoxy groups -OCH3 is 1. The molecule has 1 aliphatic heterocycles. The molecule has 160 valence electrons. The smallest absolute Gasteiger partial charge is 0.335 e. The molecule has 1 fully saturated rings. The average molecular weight is 412 g/mol. The highest BCUT2D eigenvalue weighted by Crippen LogP contribution is 2.19. The van der Waals surface area contributed by atoms with Gasteiger partial charge in [-0.2, -0.15) is 0 Å². The maximum Gasteiger partial charge on any atom is 0.335 e. The Kier molecular flexibility index (Phi) is 7.30. The highest BCUT2D eigenvalue weighted by Gasteiger charge is 2.24. The zero-order valence-electron chi connectivity index (χ0n) is 17.6. The third-order valence-electron chi connectivity index (χ3n) is 5.46. The van der Waals surface area contributed by atoms with Crippen molar-refractivity contribution in [2.75, 3.05) is 46.9 Å². The van der Waals surface area contributed by atoms with Crippen LogP contribution >= 0.6 is 0 Å². The van der Waals surface area contributed by atoms with Crippen LogP contribution in [-0.4, -0.2) is 78.7 Å². The average Bonchev–Trinajstić information content (AvgIpc) is 2.77. The van der Waals surface area contributed by atoms with Gasteiger partial charge in [0.05, 0.1) is 12.7 Å². The molecule has 0 bridgehead atoms. The Morgan fingerprint density at radius 1 is 1.03 bits per heavy atom. The molecule has 0 spiro atoms. The van der Waals surface area contributed by atoms with Crippen LogP contribution in [0.2, 0.25) is 0 Å². The van der Waals surface area contributed by atoms with Gasteiger partial charge in [-0.1, -0.05) is 30.3 Å². The lowest BCUT2D eigenvalue weighted by molar-refractivity contribution is 0.0696. The number of para-hydroxylation sites is 1. The number of benzene rings is 2. The summed E-state index contributed by atoms with van der Waals surface area (Å²) in [5.41, 5.74) is 2.20. The summed E-state index contributed by atoms with van der Waals surface area (Å²) in [7, 11) is 3.71. The zero-order valence-corrected chi connectivity index (χ0v) is 17.6. The van der Waals surface area contributed by atoms with Gasteiger partial charge >= 0.3 is 12.0 Å². The molecule has 1 heterocycles. The number of nitrogens with zero attached hydrogens (tertiary/aromatic N) is 3. The summed E-state index contributed by atoms with van der Waals surface area (Å²) < 4.78 is 5.45. The van der Waals surface area contributed by atoms with Crippen molar-refractivity contribution >= 4 is 12.0 Å². The first-order chi connectivity index (χ1) is 14.5. The van der Waals surface area contributed by atoms with Gasteiger partial charge in [0.25, 0.3) is 0 Å². The van der Waals surface area contributed by atoms with E-state index in [-0.39, 0.29) is 11.6 Å². The number of carbonyl (C=O) groups is 2. The molecule has 0 aromatic heterocycles. The summed E-state index contributed by atoms with van der Waals surface area (Å²) >= 11 is 0. The number of carbonyl (C=O) groups excluding carboxylic acids is 1. The lowest BCUT2D eigenvalue weighted by Crippen LogP contribution is -2.52. The second kappa shape index (κ2) is 10.1. The number of rotatable bonds is 7. The van der Waals surface area contributed by atoms with Crippen LogP contribution < -0.4 is 4.74 Å². The summed E-state index contributed by atoms with van der Waals surface area (Å²) in [5.74, 6) is -0.140. The van der Waals surface area contributed by atoms with Crippen molar-refractivity contribution in [2.24, 2.45) is 0 Å². The quantitative estimate of drug-likeness (QED) is 0.759. The molecule has 2 aromatic carbocycles. The molecular weight excluding hydrogens is 382 g/mol. The molecule has 1 aliphatic rings. The summed E-state index contributed by atoms with van der Waals surface area (Å²) in [4.78, 5) is 30.3. The summed E-state index contributed by atoms with van der Waals surface area (Å²) in [5, 5.41) is 9.11. The summed E-state index contributed by atoms with van der Waals surface area (Å²) in [6, 6.07) is 14.6. The van der Waals surface area contributed by atoms with Crippen LogP contribution in [0.25, 0.3) is 0 Å². The minimum Gasteiger partial charge on any atom is -0.496 e. The number of carboxylic acid groups (broad SMARTS) is 1. The van der Waals surface area contributed by atoms with Gasteiger partial charge in [-0.25, -0.2) is 9.59 Å². The Balaban J connectivity index is 1.75. The number of aromatic carboxylic acids is 1. The van der Waals surface area contributed by atoms with Crippen LogP contribution in [0, 0.1) is 0 Å². The molecule has 1 N–H and O–H groups in total. The molecule has 3 rings (SSSR count). The number of hydrogen-bond acceptors (Lipinski definition) is 4. The Hall–Kier alpha value is -3.06. The minimum absolute atomic E-state index is 0.0142. The predicted molar refractivity (Wildman–Crippen MR) is 115 cm³/mol. The first-order valence-corrected chi connectivity index (χ1v) is 10.1. The van der Waals surface area contributed by atoms with Crippen molar-refractivity contribution in [1.29, 1.82) is 0 Å². The maximum atomic E-state index is 13.3. The van der Waals surface area contributed by atoms with Gasteiger partial charge in [-0.3, -0.25) is 0 Å². The van der Waals surface area contributed by atoms with E-state index in [1.807, 2.05) is 34.1 Å². The fraction of sp³-hybridized carbons (Fsp3) is 0.391. The topological polar surface area (TPSA) is 73.3 Å². The number of hydrogen-bond donors (Lipinski definition) is 1. The molecule has 7 nitrogen and oxygen atoms in total. The molecule has 0 saturated carbocycles. The van der Waals surface area contributed by atoms with E-state index in [9.17, 15) is 9.59 Å². The molecule has 30 heavy (non-hydrogen) atoms. The van der Waals surface area contributed by atoms with Crippen LogP contribution in [0.5, 0.6) is 5.75 Å². The Bertz CT molecular complexity index is 861. The van der Waals surface area contributed by atoms with Crippen molar-refractivity contribution in [2.45, 2.75) is 13.0 Å². The van der Waals surface area contributed by atoms with Crippen molar-refractivity contribution in [3.05, 3.63) is 65.2 Å². The van der Waals surface area contributed by atoms with E-state index >= 15 is 0 Å². The SMILES string of the molecule is COc1ccccc1CCN(Cc1ccc(C(=O)O)cc1)C(=O)N1CCN(C)CC1. The second-order valence-electron chi connectivity index (χ2n) is 7.56. The van der Waals surface area contributed by atoms with E-state index < -0.39 is 5.97 Å². The van der Waals surface area contributed by atoms with E-state index in [0.29, 0.717) is 32.6 Å². The van der Waals surface area contributed by atoms with Gasteiger partial charge in [0.2, 0.25) is 0 Å². The van der Waals surface area contributed by atoms with E-state index in [1.54, 1.807) is 31.4 Å². The molecule has 0 aliphatic carbocycles. The summed E-state index contributed by atoms with van der Waals surface area (Å²) in [6.45, 7) is 4.11. The maximum absolute atomic E-state index is 13.3. The number of urea groups is 1. The van der Waals surface area contributed by atoms with Gasteiger partial charge in [0.1, 0.15) is 5.75 Å². The molecule has 0 atom stereocenters. The monoisotopic (exact) mass is 411 g/mol. The van der Waals surface area contributed by atoms with Crippen molar-refractivity contribution in [1.82, 2.24) is 14.7 Å². The highest BCUT2D eigenvalue weighted by atomic mass is 16.5. The minimum atomic E-state index is -0.955. The van der Waals surface area contributed by atoms with E-state index in [1.165, 1.54) is 0 Å². The number of piperazine rings is 1. The van der Waals surface area contributed by atoms with Gasteiger partial charge in [-0.15, -0.1) is 0 Å². The Labute approximate surface area is 177 Å². The van der Waals surface area contributed by atoms with E-state index in [4.69, 9.17) is 9.84 Å². The first-order valence-electron chi connectivity index (χ1n) is 10.1. The standard InChI is InChI=1S/C23H29N3O4/c1-24-13-15-25(16-14-24)23(29)26(12-11-19-5-3-4-6-21(19)30-2)17-18-7-9-20(10-8-18)22(27)28/h3-10H,11-17H2,1-2H3,(H,27,28). The van der Waals surface area contributed by atoms with Crippen LogP contribution in [0.3, 0.4) is 0 Å². The molecule has 0 radical (unpaired) electrons. The molecular formula is C23H29N3O4. The van der Waals surface area contributed by atoms with Gasteiger partial charge in [0, 0.05) is 39.3 Å². The van der Waals surface area contributed by atoms with Gasteiger partial charge in [-0.05, 0) is 42.8 Å². The van der Waals surface area contributed by atoms with Gasteiger partial charge < -0.3 is 24.5 Å². The van der Waals surface area contributed by atoms with Crippen LogP contribution in [0.15, 0.2) is 48.5 Å². The third-order valence-corrected chi connectivity index (χ3v) is 5.46. The van der Waals surface area contributed by atoms with Crippen molar-refractivity contribution in [3.63, 3.8) is 0 Å². The fourth-order valence-electron chi connectivity index (χ4n) is 3.58. The normalized spacial score (nSPS) is 14.4. The molecule has 0 unspecified atom stereocenters. The molecule has 1 saturated heterocycles. The predicted octanol–water partition coefficient (Wildman–Crippen LogP) is 2.81. The largest absolute Gasteiger partial charge is 0.496 e. The first kappa shape index (κ1) is 21.6. The molecule has 2 aromatic rings.